The second kappa shape index (κ2) is 8.66. The van der Waals surface area contributed by atoms with Gasteiger partial charge in [0.05, 0.1) is 24.1 Å². The SMILES string of the molecule is CCOC(=O)c1ccc(Nc2ccc(C(=O)N3CCCC(C)C3)nc2)cc1. The number of carbonyl (C=O) groups excluding carboxylic acids is 2. The first kappa shape index (κ1) is 18.9. The van der Waals surface area contributed by atoms with E-state index in [0.717, 1.165) is 30.9 Å². The third-order valence-corrected chi connectivity index (χ3v) is 4.61. The summed E-state index contributed by atoms with van der Waals surface area (Å²) in [6.07, 6.45) is 3.88. The van der Waals surface area contributed by atoms with Crippen molar-refractivity contribution in [3.63, 3.8) is 0 Å². The van der Waals surface area contributed by atoms with Crippen molar-refractivity contribution < 1.29 is 14.3 Å². The van der Waals surface area contributed by atoms with Crippen molar-refractivity contribution in [1.82, 2.24) is 9.88 Å². The summed E-state index contributed by atoms with van der Waals surface area (Å²) in [6, 6.07) is 10.6. The predicted molar refractivity (Wildman–Crippen MR) is 104 cm³/mol. The summed E-state index contributed by atoms with van der Waals surface area (Å²) in [5.41, 5.74) is 2.58. The minimum atomic E-state index is -0.333. The van der Waals surface area contributed by atoms with E-state index in [1.807, 2.05) is 11.0 Å². The van der Waals surface area contributed by atoms with E-state index in [4.69, 9.17) is 4.74 Å². The molecule has 0 radical (unpaired) electrons. The van der Waals surface area contributed by atoms with E-state index in [-0.39, 0.29) is 11.9 Å². The molecule has 6 nitrogen and oxygen atoms in total. The van der Waals surface area contributed by atoms with Gasteiger partial charge in [0.2, 0.25) is 0 Å². The van der Waals surface area contributed by atoms with Crippen LogP contribution in [0.2, 0.25) is 0 Å². The van der Waals surface area contributed by atoms with Crippen molar-refractivity contribution in [2.24, 2.45) is 5.92 Å². The summed E-state index contributed by atoms with van der Waals surface area (Å²) >= 11 is 0. The molecule has 6 heteroatoms. The Labute approximate surface area is 159 Å². The fraction of sp³-hybridized carbons (Fsp3) is 0.381. The minimum Gasteiger partial charge on any atom is -0.462 e. The molecule has 142 valence electrons. The van der Waals surface area contributed by atoms with Crippen molar-refractivity contribution in [2.45, 2.75) is 26.7 Å². The molecular formula is C21H25N3O3. The number of aromatic nitrogens is 1. The lowest BCUT2D eigenvalue weighted by Crippen LogP contribution is -2.39. The zero-order chi connectivity index (χ0) is 19.2. The van der Waals surface area contributed by atoms with Crippen LogP contribution in [0.4, 0.5) is 11.4 Å². The molecule has 1 unspecified atom stereocenters. The molecule has 1 aliphatic heterocycles. The highest BCUT2D eigenvalue weighted by Crippen LogP contribution is 2.20. The Kier molecular flexibility index (Phi) is 6.06. The van der Waals surface area contributed by atoms with E-state index in [9.17, 15) is 9.59 Å². The summed E-state index contributed by atoms with van der Waals surface area (Å²) in [4.78, 5) is 30.5. The fourth-order valence-electron chi connectivity index (χ4n) is 3.20. The first-order chi connectivity index (χ1) is 13.1. The summed E-state index contributed by atoms with van der Waals surface area (Å²) in [5, 5.41) is 3.22. The van der Waals surface area contributed by atoms with E-state index in [0.29, 0.717) is 23.8 Å². The Hall–Kier alpha value is -2.89. The number of hydrogen-bond donors (Lipinski definition) is 1. The van der Waals surface area contributed by atoms with Crippen molar-refractivity contribution in [3.05, 3.63) is 53.9 Å². The van der Waals surface area contributed by atoms with Gasteiger partial charge in [-0.3, -0.25) is 4.79 Å². The molecule has 1 saturated heterocycles. The number of benzene rings is 1. The Morgan fingerprint density at radius 2 is 1.93 bits per heavy atom. The highest BCUT2D eigenvalue weighted by atomic mass is 16.5. The van der Waals surface area contributed by atoms with Crippen molar-refractivity contribution in [1.29, 1.82) is 0 Å². The zero-order valence-corrected chi connectivity index (χ0v) is 15.8. The van der Waals surface area contributed by atoms with Crippen LogP contribution in [-0.2, 0) is 4.74 Å². The number of nitrogens with one attached hydrogen (secondary N) is 1. The summed E-state index contributed by atoms with van der Waals surface area (Å²) in [7, 11) is 0. The lowest BCUT2D eigenvalue weighted by atomic mass is 10.00. The third-order valence-electron chi connectivity index (χ3n) is 4.61. The van der Waals surface area contributed by atoms with Gasteiger partial charge in [-0.2, -0.15) is 0 Å². The van der Waals surface area contributed by atoms with Gasteiger partial charge in [-0.25, -0.2) is 9.78 Å². The van der Waals surface area contributed by atoms with Gasteiger partial charge < -0.3 is 15.0 Å². The molecule has 1 fully saturated rings. The topological polar surface area (TPSA) is 71.5 Å². The summed E-state index contributed by atoms with van der Waals surface area (Å²) in [5.74, 6) is 0.203. The summed E-state index contributed by atoms with van der Waals surface area (Å²) in [6.45, 7) is 5.91. The van der Waals surface area contributed by atoms with E-state index in [2.05, 4.69) is 17.2 Å². The van der Waals surface area contributed by atoms with Crippen molar-refractivity contribution in [2.75, 3.05) is 25.0 Å². The van der Waals surface area contributed by atoms with Crippen LogP contribution in [0, 0.1) is 5.92 Å². The Morgan fingerprint density at radius 1 is 1.19 bits per heavy atom. The van der Waals surface area contributed by atoms with Crippen LogP contribution < -0.4 is 5.32 Å². The second-order valence-electron chi connectivity index (χ2n) is 6.85. The molecule has 1 atom stereocenters. The first-order valence-corrected chi connectivity index (χ1v) is 9.36. The lowest BCUT2D eigenvalue weighted by Gasteiger charge is -2.30. The molecule has 0 spiro atoms. The average molecular weight is 367 g/mol. The number of piperidine rings is 1. The van der Waals surface area contributed by atoms with Gasteiger partial charge in [-0.15, -0.1) is 0 Å². The van der Waals surface area contributed by atoms with Crippen LogP contribution in [0.5, 0.6) is 0 Å². The quantitative estimate of drug-likeness (QED) is 0.812. The number of anilines is 2. The number of amides is 1. The Balaban J connectivity index is 1.62. The average Bonchev–Trinajstić information content (AvgIpc) is 2.69. The van der Waals surface area contributed by atoms with Crippen LogP contribution in [0.15, 0.2) is 42.6 Å². The Morgan fingerprint density at radius 3 is 2.56 bits per heavy atom. The fourth-order valence-corrected chi connectivity index (χ4v) is 3.20. The number of esters is 1. The Bertz CT molecular complexity index is 787. The number of ether oxygens (including phenoxy) is 1. The standard InChI is InChI=1S/C21H25N3O3/c1-3-27-21(26)16-6-8-17(9-7-16)23-18-10-11-19(22-13-18)20(25)24-12-4-5-15(2)14-24/h6-11,13,15,23H,3-5,12,14H2,1-2H3. The van der Waals surface area contributed by atoms with E-state index in [1.165, 1.54) is 6.42 Å². The van der Waals surface area contributed by atoms with E-state index >= 15 is 0 Å². The van der Waals surface area contributed by atoms with E-state index < -0.39 is 0 Å². The molecule has 0 aliphatic carbocycles. The zero-order valence-electron chi connectivity index (χ0n) is 15.8. The number of pyridine rings is 1. The smallest absolute Gasteiger partial charge is 0.338 e. The highest BCUT2D eigenvalue weighted by molar-refractivity contribution is 5.92. The molecule has 3 rings (SSSR count). The predicted octanol–water partition coefficient (Wildman–Crippen LogP) is 3.87. The summed E-state index contributed by atoms with van der Waals surface area (Å²) < 4.78 is 4.97. The molecule has 1 aliphatic rings. The van der Waals surface area contributed by atoms with Gasteiger partial charge in [0.1, 0.15) is 5.69 Å². The number of hydrogen-bond acceptors (Lipinski definition) is 5. The maximum absolute atomic E-state index is 12.6. The highest BCUT2D eigenvalue weighted by Gasteiger charge is 2.22. The molecule has 27 heavy (non-hydrogen) atoms. The van der Waals surface area contributed by atoms with Crippen LogP contribution in [0.25, 0.3) is 0 Å². The molecule has 1 N–H and O–H groups in total. The van der Waals surface area contributed by atoms with Gasteiger partial charge in [0, 0.05) is 18.8 Å². The van der Waals surface area contributed by atoms with Crippen LogP contribution >= 0.6 is 0 Å². The van der Waals surface area contributed by atoms with E-state index in [1.54, 1.807) is 43.5 Å². The third kappa shape index (κ3) is 4.84. The molecule has 2 aromatic rings. The van der Waals surface area contributed by atoms with Crippen molar-refractivity contribution in [3.8, 4) is 0 Å². The molecule has 1 amide bonds. The van der Waals surface area contributed by atoms with Gasteiger partial charge in [0.15, 0.2) is 0 Å². The van der Waals surface area contributed by atoms with Gasteiger partial charge in [-0.1, -0.05) is 6.92 Å². The lowest BCUT2D eigenvalue weighted by molar-refractivity contribution is 0.0526. The monoisotopic (exact) mass is 367 g/mol. The maximum Gasteiger partial charge on any atom is 0.338 e. The largest absolute Gasteiger partial charge is 0.462 e. The number of nitrogens with zero attached hydrogens (tertiary/aromatic N) is 2. The van der Waals surface area contributed by atoms with Crippen molar-refractivity contribution >= 4 is 23.3 Å². The maximum atomic E-state index is 12.6. The van der Waals surface area contributed by atoms with Gasteiger partial charge in [0.25, 0.3) is 5.91 Å². The number of rotatable bonds is 5. The number of likely N-dealkylation sites (tertiary alicyclic amines) is 1. The molecule has 1 aromatic heterocycles. The van der Waals surface area contributed by atoms with Gasteiger partial charge in [-0.05, 0) is 62.1 Å². The molecule has 0 bridgehead atoms. The molecule has 1 aromatic carbocycles. The van der Waals surface area contributed by atoms with Gasteiger partial charge >= 0.3 is 5.97 Å². The normalized spacial score (nSPS) is 16.7. The van der Waals surface area contributed by atoms with Crippen LogP contribution in [0.1, 0.15) is 47.5 Å². The molecule has 0 saturated carbocycles. The van der Waals surface area contributed by atoms with Crippen LogP contribution in [-0.4, -0.2) is 41.5 Å². The first-order valence-electron chi connectivity index (χ1n) is 9.36. The number of carbonyl (C=O) groups is 2. The minimum absolute atomic E-state index is 0.00751. The second-order valence-corrected chi connectivity index (χ2v) is 6.85. The molecule has 2 heterocycles. The molecular weight excluding hydrogens is 342 g/mol. The van der Waals surface area contributed by atoms with Crippen LogP contribution in [0.3, 0.4) is 0 Å².